The molecule has 6 nitrogen and oxygen atoms in total. The molecule has 0 saturated carbocycles. The van der Waals surface area contributed by atoms with Crippen molar-refractivity contribution in [1.29, 1.82) is 0 Å². The Balaban J connectivity index is 1.63. The monoisotopic (exact) mass is 288 g/mol. The zero-order valence-electron chi connectivity index (χ0n) is 11.6. The lowest BCUT2D eigenvalue weighted by atomic mass is 10.2. The molecule has 0 saturated heterocycles. The van der Waals surface area contributed by atoms with Gasteiger partial charge in [0, 0.05) is 31.0 Å². The lowest BCUT2D eigenvalue weighted by Crippen LogP contribution is -2.29. The van der Waals surface area contributed by atoms with Crippen molar-refractivity contribution in [2.24, 2.45) is 7.05 Å². The lowest BCUT2D eigenvalue weighted by molar-refractivity contribution is 0.0912. The number of hydrogen-bond acceptors (Lipinski definition) is 4. The second kappa shape index (κ2) is 5.49. The fraction of sp³-hybridized carbons (Fsp3) is 0.267. The molecule has 1 atom stereocenters. The summed E-state index contributed by atoms with van der Waals surface area (Å²) in [4.78, 5) is 12.1. The maximum absolute atomic E-state index is 12.1. The quantitative estimate of drug-likeness (QED) is 0.887. The molecule has 3 rings (SSSR count). The van der Waals surface area contributed by atoms with Crippen LogP contribution in [0.5, 0.6) is 11.5 Å². The Bertz CT molecular complexity index is 665. The number of benzene rings is 1. The van der Waals surface area contributed by atoms with Gasteiger partial charge in [-0.05, 0) is 30.3 Å². The number of aliphatic hydroxyl groups is 1. The predicted molar refractivity (Wildman–Crippen MR) is 75.3 cm³/mol. The first kappa shape index (κ1) is 13.5. The van der Waals surface area contributed by atoms with Gasteiger partial charge in [0.2, 0.25) is 6.79 Å². The Morgan fingerprint density at radius 3 is 2.95 bits per heavy atom. The number of aromatic nitrogens is 1. The zero-order valence-corrected chi connectivity index (χ0v) is 11.6. The van der Waals surface area contributed by atoms with Crippen LogP contribution in [0.4, 0.5) is 0 Å². The molecule has 1 aliphatic rings. The van der Waals surface area contributed by atoms with Crippen molar-refractivity contribution in [3.05, 3.63) is 47.8 Å². The number of amides is 1. The van der Waals surface area contributed by atoms with E-state index in [9.17, 15) is 9.90 Å². The van der Waals surface area contributed by atoms with Crippen molar-refractivity contribution in [2.45, 2.75) is 6.10 Å². The van der Waals surface area contributed by atoms with E-state index < -0.39 is 6.10 Å². The van der Waals surface area contributed by atoms with Gasteiger partial charge in [0.05, 0.1) is 0 Å². The highest BCUT2D eigenvalue weighted by Gasteiger charge is 2.17. The van der Waals surface area contributed by atoms with Crippen LogP contribution in [0, 0.1) is 0 Å². The molecule has 1 aromatic heterocycles. The van der Waals surface area contributed by atoms with Crippen LogP contribution in [0.2, 0.25) is 0 Å². The minimum Gasteiger partial charge on any atom is -0.454 e. The van der Waals surface area contributed by atoms with E-state index in [0.29, 0.717) is 17.1 Å². The molecule has 0 bridgehead atoms. The maximum Gasteiger partial charge on any atom is 0.251 e. The molecule has 0 aliphatic carbocycles. The van der Waals surface area contributed by atoms with Gasteiger partial charge in [-0.2, -0.15) is 0 Å². The summed E-state index contributed by atoms with van der Waals surface area (Å²) in [6.07, 6.45) is 1.10. The molecule has 2 N–H and O–H groups in total. The summed E-state index contributed by atoms with van der Waals surface area (Å²) < 4.78 is 12.2. The normalized spacial score (nSPS) is 14.0. The number of hydrogen-bond donors (Lipinski definition) is 2. The lowest BCUT2D eigenvalue weighted by Gasteiger charge is -2.13. The molecular formula is C15H16N2O4. The molecule has 1 aliphatic heterocycles. The van der Waals surface area contributed by atoms with E-state index in [4.69, 9.17) is 9.47 Å². The van der Waals surface area contributed by atoms with E-state index in [1.54, 1.807) is 18.2 Å². The minimum absolute atomic E-state index is 0.144. The molecule has 0 spiro atoms. The van der Waals surface area contributed by atoms with E-state index in [0.717, 1.165) is 5.69 Å². The van der Waals surface area contributed by atoms with Crippen LogP contribution >= 0.6 is 0 Å². The van der Waals surface area contributed by atoms with Gasteiger partial charge in [-0.3, -0.25) is 4.79 Å². The number of rotatable bonds is 4. The third-order valence-electron chi connectivity index (χ3n) is 3.42. The second-order valence-electron chi connectivity index (χ2n) is 4.84. The molecule has 2 aromatic rings. The Morgan fingerprint density at radius 2 is 2.19 bits per heavy atom. The SMILES string of the molecule is Cn1cccc1[C@@H](O)CNC(=O)c1ccc2c(c1)OCO2. The Morgan fingerprint density at radius 1 is 1.38 bits per heavy atom. The molecule has 1 amide bonds. The zero-order chi connectivity index (χ0) is 14.8. The fourth-order valence-electron chi connectivity index (χ4n) is 2.25. The second-order valence-corrected chi connectivity index (χ2v) is 4.84. The van der Waals surface area contributed by atoms with E-state index in [1.807, 2.05) is 29.9 Å². The summed E-state index contributed by atoms with van der Waals surface area (Å²) in [6.45, 7) is 0.317. The summed E-state index contributed by atoms with van der Waals surface area (Å²) in [6, 6.07) is 8.66. The number of carbonyl (C=O) groups excluding carboxylic acids is 1. The smallest absolute Gasteiger partial charge is 0.251 e. The van der Waals surface area contributed by atoms with E-state index in [2.05, 4.69) is 5.32 Å². The summed E-state index contributed by atoms with van der Waals surface area (Å²) in [5.74, 6) is 0.933. The van der Waals surface area contributed by atoms with Crippen molar-refractivity contribution in [1.82, 2.24) is 9.88 Å². The number of ether oxygens (including phenoxy) is 2. The van der Waals surface area contributed by atoms with Crippen molar-refractivity contribution >= 4 is 5.91 Å². The van der Waals surface area contributed by atoms with Gasteiger partial charge >= 0.3 is 0 Å². The van der Waals surface area contributed by atoms with Gasteiger partial charge in [-0.1, -0.05) is 0 Å². The first-order chi connectivity index (χ1) is 10.1. The van der Waals surface area contributed by atoms with Gasteiger partial charge in [-0.25, -0.2) is 0 Å². The average molecular weight is 288 g/mol. The van der Waals surface area contributed by atoms with E-state index in [1.165, 1.54) is 0 Å². The highest BCUT2D eigenvalue weighted by molar-refractivity contribution is 5.94. The molecular weight excluding hydrogens is 272 g/mol. The number of carbonyl (C=O) groups is 1. The van der Waals surface area contributed by atoms with Crippen LogP contribution in [0.3, 0.4) is 0 Å². The third kappa shape index (κ3) is 2.71. The standard InChI is InChI=1S/C15H16N2O4/c1-17-6-2-3-11(17)12(18)8-16-15(19)10-4-5-13-14(7-10)21-9-20-13/h2-7,12,18H,8-9H2,1H3,(H,16,19)/t12-/m0/s1. The number of fused-ring (bicyclic) bond motifs is 1. The number of aliphatic hydroxyl groups excluding tert-OH is 1. The maximum atomic E-state index is 12.1. The summed E-state index contributed by atoms with van der Waals surface area (Å²) in [7, 11) is 1.85. The van der Waals surface area contributed by atoms with Crippen LogP contribution in [0.15, 0.2) is 36.5 Å². The van der Waals surface area contributed by atoms with Gasteiger partial charge in [0.15, 0.2) is 11.5 Å². The highest BCUT2D eigenvalue weighted by Crippen LogP contribution is 2.32. The summed E-state index contributed by atoms with van der Waals surface area (Å²) in [5.41, 5.74) is 1.22. The predicted octanol–water partition coefficient (Wildman–Crippen LogP) is 1.22. The molecule has 1 aromatic carbocycles. The Hall–Kier alpha value is -2.47. The van der Waals surface area contributed by atoms with Gasteiger partial charge in [0.25, 0.3) is 5.91 Å². The first-order valence-corrected chi connectivity index (χ1v) is 6.62. The van der Waals surface area contributed by atoms with Crippen LogP contribution in [0.25, 0.3) is 0 Å². The molecule has 2 heterocycles. The first-order valence-electron chi connectivity index (χ1n) is 6.62. The molecule has 0 unspecified atom stereocenters. The van der Waals surface area contributed by atoms with Crippen molar-refractivity contribution in [2.75, 3.05) is 13.3 Å². The number of nitrogens with one attached hydrogen (secondary N) is 1. The van der Waals surface area contributed by atoms with E-state index in [-0.39, 0.29) is 19.2 Å². The average Bonchev–Trinajstić information content (AvgIpc) is 3.11. The third-order valence-corrected chi connectivity index (χ3v) is 3.42. The Labute approximate surface area is 121 Å². The highest BCUT2D eigenvalue weighted by atomic mass is 16.7. The number of nitrogens with zero attached hydrogens (tertiary/aromatic N) is 1. The van der Waals surface area contributed by atoms with Crippen molar-refractivity contribution < 1.29 is 19.4 Å². The minimum atomic E-state index is -0.747. The van der Waals surface area contributed by atoms with Gasteiger partial charge in [0.1, 0.15) is 6.10 Å². The van der Waals surface area contributed by atoms with Gasteiger partial charge < -0.3 is 24.5 Å². The number of aryl methyl sites for hydroxylation is 1. The Kier molecular flexibility index (Phi) is 3.53. The largest absolute Gasteiger partial charge is 0.454 e. The van der Waals surface area contributed by atoms with E-state index >= 15 is 0 Å². The van der Waals surface area contributed by atoms with Crippen LogP contribution in [0.1, 0.15) is 22.2 Å². The molecule has 110 valence electrons. The van der Waals surface area contributed by atoms with Crippen LogP contribution in [-0.2, 0) is 7.05 Å². The summed E-state index contributed by atoms with van der Waals surface area (Å²) in [5, 5.41) is 12.8. The molecule has 21 heavy (non-hydrogen) atoms. The molecule has 6 heteroatoms. The summed E-state index contributed by atoms with van der Waals surface area (Å²) >= 11 is 0. The van der Waals surface area contributed by atoms with Crippen molar-refractivity contribution in [3.8, 4) is 11.5 Å². The van der Waals surface area contributed by atoms with Crippen molar-refractivity contribution in [3.63, 3.8) is 0 Å². The molecule has 0 fully saturated rings. The molecule has 0 radical (unpaired) electrons. The topological polar surface area (TPSA) is 72.7 Å². The fourth-order valence-corrected chi connectivity index (χ4v) is 2.25. The van der Waals surface area contributed by atoms with Crippen LogP contribution < -0.4 is 14.8 Å². The van der Waals surface area contributed by atoms with Crippen LogP contribution in [-0.4, -0.2) is 28.9 Å². The van der Waals surface area contributed by atoms with Gasteiger partial charge in [-0.15, -0.1) is 0 Å².